The lowest BCUT2D eigenvalue weighted by atomic mass is 9.95. The number of rotatable bonds is 4. The molecule has 0 N–H and O–H groups in total. The number of halogens is 1. The average Bonchev–Trinajstić information content (AvgIpc) is 3.02. The minimum Gasteiger partial charge on any atom is -0.459 e. The molecule has 0 saturated heterocycles. The first-order chi connectivity index (χ1) is 10.7. The van der Waals surface area contributed by atoms with E-state index >= 15 is 0 Å². The lowest BCUT2D eigenvalue weighted by Gasteiger charge is -2.15. The van der Waals surface area contributed by atoms with E-state index in [2.05, 4.69) is 11.2 Å². The number of benzene rings is 1. The lowest BCUT2D eigenvalue weighted by molar-refractivity contribution is -0.150. The molecule has 1 aromatic carbocycles. The molecule has 3 rings (SSSR count). The van der Waals surface area contributed by atoms with E-state index in [-0.39, 0.29) is 24.3 Å². The molecule has 4 nitrogen and oxygen atoms in total. The van der Waals surface area contributed by atoms with Crippen molar-refractivity contribution < 1.29 is 18.4 Å². The van der Waals surface area contributed by atoms with Gasteiger partial charge in [0.1, 0.15) is 18.1 Å². The first-order valence-electron chi connectivity index (χ1n) is 7.25. The monoisotopic (exact) mass is 301 g/mol. The van der Waals surface area contributed by atoms with Crippen LogP contribution < -0.4 is 0 Å². The topological polar surface area (TPSA) is 52.3 Å². The number of hydrogen-bond donors (Lipinski definition) is 0. The number of nitrogens with zero attached hydrogens (tertiary/aromatic N) is 1. The lowest BCUT2D eigenvalue weighted by Crippen LogP contribution is -2.18. The third-order valence-electron chi connectivity index (χ3n) is 3.63. The SMILES string of the molecule is O=C(OCc1cc(-c2cccc(F)c2)on1)C1CC=CCC1. The first-order valence-corrected chi connectivity index (χ1v) is 7.25. The first kappa shape index (κ1) is 14.5. The van der Waals surface area contributed by atoms with Gasteiger partial charge in [-0.2, -0.15) is 0 Å². The Hall–Kier alpha value is -2.43. The molecule has 1 aliphatic rings. The summed E-state index contributed by atoms with van der Waals surface area (Å²) in [6.07, 6.45) is 6.54. The molecule has 0 radical (unpaired) electrons. The highest BCUT2D eigenvalue weighted by molar-refractivity contribution is 5.72. The van der Waals surface area contributed by atoms with Crippen molar-refractivity contribution in [3.05, 3.63) is 54.0 Å². The van der Waals surface area contributed by atoms with Gasteiger partial charge in [-0.3, -0.25) is 4.79 Å². The summed E-state index contributed by atoms with van der Waals surface area (Å²) in [5, 5.41) is 3.85. The molecule has 1 aliphatic carbocycles. The highest BCUT2D eigenvalue weighted by atomic mass is 19.1. The molecular weight excluding hydrogens is 285 g/mol. The largest absolute Gasteiger partial charge is 0.459 e. The molecule has 0 spiro atoms. The van der Waals surface area contributed by atoms with Crippen LogP contribution in [-0.4, -0.2) is 11.1 Å². The number of carbonyl (C=O) groups is 1. The van der Waals surface area contributed by atoms with Crippen LogP contribution in [0.4, 0.5) is 4.39 Å². The molecule has 1 atom stereocenters. The van der Waals surface area contributed by atoms with Gasteiger partial charge in [0.2, 0.25) is 0 Å². The summed E-state index contributed by atoms with van der Waals surface area (Å²) >= 11 is 0. The van der Waals surface area contributed by atoms with E-state index < -0.39 is 0 Å². The standard InChI is InChI=1S/C17H16FNO3/c18-14-8-4-7-13(9-14)16-10-15(19-22-16)11-21-17(20)12-5-2-1-3-6-12/h1-2,4,7-10,12H,3,5-6,11H2. The molecule has 0 saturated carbocycles. The Morgan fingerprint density at radius 3 is 3.05 bits per heavy atom. The molecule has 0 amide bonds. The Labute approximate surface area is 127 Å². The van der Waals surface area contributed by atoms with E-state index in [4.69, 9.17) is 9.26 Å². The summed E-state index contributed by atoms with van der Waals surface area (Å²) in [7, 11) is 0. The summed E-state index contributed by atoms with van der Waals surface area (Å²) in [5.74, 6) is -0.169. The van der Waals surface area contributed by atoms with Gasteiger partial charge in [0.05, 0.1) is 5.92 Å². The van der Waals surface area contributed by atoms with Gasteiger partial charge in [-0.1, -0.05) is 29.4 Å². The van der Waals surface area contributed by atoms with Gasteiger partial charge in [0, 0.05) is 11.6 Å². The second-order valence-electron chi connectivity index (χ2n) is 5.28. The van der Waals surface area contributed by atoms with Crippen LogP contribution >= 0.6 is 0 Å². The minimum atomic E-state index is -0.341. The Balaban J connectivity index is 1.60. The van der Waals surface area contributed by atoms with Crippen LogP contribution in [0.2, 0.25) is 0 Å². The third-order valence-corrected chi connectivity index (χ3v) is 3.63. The summed E-state index contributed by atoms with van der Waals surface area (Å²) in [4.78, 5) is 11.9. The van der Waals surface area contributed by atoms with Crippen molar-refractivity contribution in [3.63, 3.8) is 0 Å². The number of ether oxygens (including phenoxy) is 1. The van der Waals surface area contributed by atoms with E-state index in [1.165, 1.54) is 12.1 Å². The summed E-state index contributed by atoms with van der Waals surface area (Å²) in [6.45, 7) is 0.0673. The molecule has 1 unspecified atom stereocenters. The fourth-order valence-electron chi connectivity index (χ4n) is 2.43. The van der Waals surface area contributed by atoms with Crippen LogP contribution in [0.1, 0.15) is 25.0 Å². The molecule has 114 valence electrons. The van der Waals surface area contributed by atoms with Gasteiger partial charge in [-0.15, -0.1) is 0 Å². The third kappa shape index (κ3) is 3.42. The number of esters is 1. The molecular formula is C17H16FNO3. The van der Waals surface area contributed by atoms with Gasteiger partial charge in [-0.05, 0) is 31.4 Å². The maximum absolute atomic E-state index is 13.2. The fraction of sp³-hybridized carbons (Fsp3) is 0.294. The number of aromatic nitrogens is 1. The smallest absolute Gasteiger partial charge is 0.309 e. The predicted octanol–water partition coefficient (Wildman–Crippen LogP) is 3.88. The molecule has 1 heterocycles. The Bertz CT molecular complexity index is 693. The van der Waals surface area contributed by atoms with Gasteiger partial charge in [0.25, 0.3) is 0 Å². The Morgan fingerprint density at radius 1 is 1.36 bits per heavy atom. The normalized spacial score (nSPS) is 17.4. The Kier molecular flexibility index (Phi) is 4.32. The number of carbonyl (C=O) groups excluding carboxylic acids is 1. The van der Waals surface area contributed by atoms with Crippen molar-refractivity contribution in [2.75, 3.05) is 0 Å². The van der Waals surface area contributed by atoms with Gasteiger partial charge in [0.15, 0.2) is 5.76 Å². The predicted molar refractivity (Wildman–Crippen MR) is 78.2 cm³/mol. The van der Waals surface area contributed by atoms with Crippen molar-refractivity contribution in [3.8, 4) is 11.3 Å². The summed E-state index contributed by atoms with van der Waals surface area (Å²) < 4.78 is 23.6. The van der Waals surface area contributed by atoms with E-state index in [0.717, 1.165) is 19.3 Å². The second-order valence-corrected chi connectivity index (χ2v) is 5.28. The van der Waals surface area contributed by atoms with Crippen molar-refractivity contribution in [1.29, 1.82) is 0 Å². The fourth-order valence-corrected chi connectivity index (χ4v) is 2.43. The molecule has 22 heavy (non-hydrogen) atoms. The van der Waals surface area contributed by atoms with Crippen molar-refractivity contribution in [2.45, 2.75) is 25.9 Å². The van der Waals surface area contributed by atoms with Crippen LogP contribution in [0.25, 0.3) is 11.3 Å². The molecule has 0 bridgehead atoms. The summed E-state index contributed by atoms with van der Waals surface area (Å²) in [6, 6.07) is 7.71. The minimum absolute atomic E-state index is 0.0673. The number of allylic oxidation sites excluding steroid dienone is 2. The molecule has 5 heteroatoms. The zero-order valence-electron chi connectivity index (χ0n) is 12.0. The maximum atomic E-state index is 13.2. The second kappa shape index (κ2) is 6.56. The zero-order chi connectivity index (χ0) is 15.4. The van der Waals surface area contributed by atoms with Gasteiger partial charge in [-0.25, -0.2) is 4.39 Å². The van der Waals surface area contributed by atoms with E-state index in [1.807, 2.05) is 6.08 Å². The van der Waals surface area contributed by atoms with Crippen LogP contribution in [0.3, 0.4) is 0 Å². The summed E-state index contributed by atoms with van der Waals surface area (Å²) in [5.41, 5.74) is 1.11. The molecule has 0 fully saturated rings. The Morgan fingerprint density at radius 2 is 2.27 bits per heavy atom. The molecule has 2 aromatic rings. The average molecular weight is 301 g/mol. The van der Waals surface area contributed by atoms with E-state index in [1.54, 1.807) is 18.2 Å². The molecule has 0 aliphatic heterocycles. The highest BCUT2D eigenvalue weighted by Crippen LogP contribution is 2.23. The zero-order valence-corrected chi connectivity index (χ0v) is 12.0. The van der Waals surface area contributed by atoms with Gasteiger partial charge >= 0.3 is 5.97 Å². The van der Waals surface area contributed by atoms with E-state index in [9.17, 15) is 9.18 Å². The van der Waals surface area contributed by atoms with Crippen LogP contribution in [0, 0.1) is 11.7 Å². The maximum Gasteiger partial charge on any atom is 0.309 e. The highest BCUT2D eigenvalue weighted by Gasteiger charge is 2.20. The molecule has 1 aromatic heterocycles. The quantitative estimate of drug-likeness (QED) is 0.635. The van der Waals surface area contributed by atoms with Crippen LogP contribution in [-0.2, 0) is 16.1 Å². The van der Waals surface area contributed by atoms with Crippen LogP contribution in [0.5, 0.6) is 0 Å². The number of hydrogen-bond acceptors (Lipinski definition) is 4. The van der Waals surface area contributed by atoms with Crippen molar-refractivity contribution >= 4 is 5.97 Å². The van der Waals surface area contributed by atoms with Crippen molar-refractivity contribution in [1.82, 2.24) is 5.16 Å². The van der Waals surface area contributed by atoms with E-state index in [0.29, 0.717) is 17.0 Å². The van der Waals surface area contributed by atoms with Gasteiger partial charge < -0.3 is 9.26 Å². The van der Waals surface area contributed by atoms with Crippen molar-refractivity contribution in [2.24, 2.45) is 5.92 Å². The van der Waals surface area contributed by atoms with Crippen LogP contribution in [0.15, 0.2) is 47.0 Å².